The average molecular weight is 265 g/mol. The maximum atomic E-state index is 8.83. The first kappa shape index (κ1) is 14.5. The second-order valence-corrected chi connectivity index (χ2v) is 5.93. The minimum atomic E-state index is 0.147. The number of nitrogens with zero attached hydrogens (tertiary/aromatic N) is 2. The van der Waals surface area contributed by atoms with Crippen molar-refractivity contribution in [1.82, 2.24) is 15.1 Å². The van der Waals surface area contributed by atoms with E-state index in [9.17, 15) is 0 Å². The van der Waals surface area contributed by atoms with Crippen molar-refractivity contribution in [3.63, 3.8) is 0 Å². The molecule has 1 aliphatic carbocycles. The van der Waals surface area contributed by atoms with Crippen molar-refractivity contribution in [1.29, 1.82) is 0 Å². The Hall–Kier alpha value is -0.870. The topological polar surface area (TPSA) is 50.1 Å². The molecular weight excluding hydrogens is 238 g/mol. The van der Waals surface area contributed by atoms with Crippen LogP contribution < -0.4 is 5.32 Å². The first-order valence-corrected chi connectivity index (χ1v) is 7.61. The molecule has 0 unspecified atom stereocenters. The summed E-state index contributed by atoms with van der Waals surface area (Å²) >= 11 is 0. The molecule has 0 bridgehead atoms. The van der Waals surface area contributed by atoms with E-state index < -0.39 is 0 Å². The lowest BCUT2D eigenvalue weighted by atomic mass is 9.81. The van der Waals surface area contributed by atoms with Gasteiger partial charge in [0.05, 0.1) is 19.3 Å². The van der Waals surface area contributed by atoms with Crippen LogP contribution in [0.1, 0.15) is 44.6 Å². The summed E-state index contributed by atoms with van der Waals surface area (Å²) in [5.41, 5.74) is 1.20. The van der Waals surface area contributed by atoms with Crippen molar-refractivity contribution >= 4 is 0 Å². The molecule has 1 fully saturated rings. The number of aliphatic hydroxyl groups is 1. The maximum Gasteiger partial charge on any atom is 0.0640 e. The van der Waals surface area contributed by atoms with Gasteiger partial charge in [0.2, 0.25) is 0 Å². The highest BCUT2D eigenvalue weighted by Crippen LogP contribution is 2.29. The van der Waals surface area contributed by atoms with Crippen LogP contribution >= 0.6 is 0 Å². The maximum absolute atomic E-state index is 8.83. The fraction of sp³-hybridized carbons (Fsp3) is 0.800. The van der Waals surface area contributed by atoms with Gasteiger partial charge in [0, 0.05) is 18.3 Å². The van der Waals surface area contributed by atoms with Crippen LogP contribution in [-0.2, 0) is 13.1 Å². The van der Waals surface area contributed by atoms with Gasteiger partial charge in [-0.3, -0.25) is 4.68 Å². The molecule has 1 aliphatic rings. The van der Waals surface area contributed by atoms with E-state index >= 15 is 0 Å². The summed E-state index contributed by atoms with van der Waals surface area (Å²) in [5.74, 6) is 1.88. The van der Waals surface area contributed by atoms with Gasteiger partial charge in [0.1, 0.15) is 0 Å². The van der Waals surface area contributed by atoms with Crippen LogP contribution in [-0.4, -0.2) is 28.0 Å². The Balaban J connectivity index is 1.58. The van der Waals surface area contributed by atoms with Gasteiger partial charge in [-0.15, -0.1) is 0 Å². The molecule has 0 aliphatic heterocycles. The molecule has 0 amide bonds. The molecule has 1 aromatic heterocycles. The highest BCUT2D eigenvalue weighted by Gasteiger charge is 2.17. The highest BCUT2D eigenvalue weighted by atomic mass is 16.3. The van der Waals surface area contributed by atoms with Crippen molar-refractivity contribution in [2.24, 2.45) is 11.8 Å². The van der Waals surface area contributed by atoms with Gasteiger partial charge in [-0.1, -0.05) is 32.6 Å². The molecule has 4 nitrogen and oxygen atoms in total. The van der Waals surface area contributed by atoms with Gasteiger partial charge >= 0.3 is 0 Å². The van der Waals surface area contributed by atoms with Crippen LogP contribution in [0.4, 0.5) is 0 Å². The molecule has 19 heavy (non-hydrogen) atoms. The van der Waals surface area contributed by atoms with E-state index in [1.807, 2.05) is 12.4 Å². The summed E-state index contributed by atoms with van der Waals surface area (Å²) in [6.07, 6.45) is 10.8. The predicted molar refractivity (Wildman–Crippen MR) is 76.8 cm³/mol. The van der Waals surface area contributed by atoms with Gasteiger partial charge in [0.15, 0.2) is 0 Å². The fourth-order valence-electron chi connectivity index (χ4n) is 2.88. The normalized spacial score (nSPS) is 23.7. The third-order valence-electron chi connectivity index (χ3n) is 4.21. The van der Waals surface area contributed by atoms with Crippen molar-refractivity contribution < 1.29 is 5.11 Å². The quantitative estimate of drug-likeness (QED) is 0.743. The minimum absolute atomic E-state index is 0.147. The molecule has 0 spiro atoms. The van der Waals surface area contributed by atoms with Gasteiger partial charge < -0.3 is 10.4 Å². The molecule has 2 rings (SSSR count). The van der Waals surface area contributed by atoms with Crippen LogP contribution in [0.5, 0.6) is 0 Å². The van der Waals surface area contributed by atoms with E-state index in [0.29, 0.717) is 6.54 Å². The van der Waals surface area contributed by atoms with E-state index in [-0.39, 0.29) is 6.61 Å². The molecule has 108 valence electrons. The van der Waals surface area contributed by atoms with E-state index in [1.54, 1.807) is 4.68 Å². The lowest BCUT2D eigenvalue weighted by Gasteiger charge is -2.26. The monoisotopic (exact) mass is 265 g/mol. The second-order valence-electron chi connectivity index (χ2n) is 5.93. The van der Waals surface area contributed by atoms with Crippen molar-refractivity contribution in [2.75, 3.05) is 13.2 Å². The molecule has 2 N–H and O–H groups in total. The summed E-state index contributed by atoms with van der Waals surface area (Å²) in [6, 6.07) is 0. The van der Waals surface area contributed by atoms with Crippen molar-refractivity contribution in [3.8, 4) is 0 Å². The zero-order valence-corrected chi connectivity index (χ0v) is 12.0. The number of aromatic nitrogens is 2. The first-order valence-electron chi connectivity index (χ1n) is 7.61. The van der Waals surface area contributed by atoms with Crippen molar-refractivity contribution in [2.45, 2.75) is 52.1 Å². The molecule has 0 aromatic carbocycles. The SMILES string of the molecule is CC1CCC(CCNCc2cnn(CCO)c2)CC1. The van der Waals surface area contributed by atoms with Crippen LogP contribution in [0.15, 0.2) is 12.4 Å². The number of nitrogens with one attached hydrogen (secondary N) is 1. The Morgan fingerprint density at radius 2 is 2.16 bits per heavy atom. The van der Waals surface area contributed by atoms with Crippen LogP contribution in [0, 0.1) is 11.8 Å². The summed E-state index contributed by atoms with van der Waals surface area (Å²) in [7, 11) is 0. The Bertz CT molecular complexity index is 356. The first-order chi connectivity index (χ1) is 9.28. The lowest BCUT2D eigenvalue weighted by Crippen LogP contribution is -2.20. The molecule has 0 saturated heterocycles. The van der Waals surface area contributed by atoms with E-state index in [0.717, 1.165) is 24.9 Å². The second kappa shape index (κ2) is 7.65. The smallest absolute Gasteiger partial charge is 0.0640 e. The molecule has 1 heterocycles. The summed E-state index contributed by atoms with van der Waals surface area (Å²) in [5, 5.41) is 16.5. The largest absolute Gasteiger partial charge is 0.394 e. The van der Waals surface area contributed by atoms with Crippen LogP contribution in [0.3, 0.4) is 0 Å². The van der Waals surface area contributed by atoms with Gasteiger partial charge in [0.25, 0.3) is 0 Å². The van der Waals surface area contributed by atoms with Gasteiger partial charge in [-0.2, -0.15) is 5.10 Å². The fourth-order valence-corrected chi connectivity index (χ4v) is 2.88. The Labute approximate surface area is 116 Å². The Kier molecular flexibility index (Phi) is 5.86. The Morgan fingerprint density at radius 3 is 2.89 bits per heavy atom. The Morgan fingerprint density at radius 1 is 1.37 bits per heavy atom. The van der Waals surface area contributed by atoms with Gasteiger partial charge in [-0.05, 0) is 24.8 Å². The molecule has 1 aromatic rings. The molecule has 4 heteroatoms. The number of hydrogen-bond acceptors (Lipinski definition) is 3. The average Bonchev–Trinajstić information content (AvgIpc) is 2.85. The zero-order valence-electron chi connectivity index (χ0n) is 12.0. The summed E-state index contributed by atoms with van der Waals surface area (Å²) < 4.78 is 1.79. The number of hydrogen-bond donors (Lipinski definition) is 2. The third kappa shape index (κ3) is 4.96. The van der Waals surface area contributed by atoms with Crippen molar-refractivity contribution in [3.05, 3.63) is 18.0 Å². The number of aliphatic hydroxyl groups excluding tert-OH is 1. The van der Waals surface area contributed by atoms with E-state index in [1.165, 1.54) is 37.7 Å². The zero-order chi connectivity index (χ0) is 13.5. The predicted octanol–water partition coefficient (Wildman–Crippen LogP) is 2.18. The summed E-state index contributed by atoms with van der Waals surface area (Å²) in [6.45, 7) is 5.09. The molecule has 1 saturated carbocycles. The van der Waals surface area contributed by atoms with Crippen LogP contribution in [0.25, 0.3) is 0 Å². The lowest BCUT2D eigenvalue weighted by molar-refractivity contribution is 0.269. The molecule has 0 radical (unpaired) electrons. The number of rotatable bonds is 7. The minimum Gasteiger partial charge on any atom is -0.394 e. The van der Waals surface area contributed by atoms with E-state index in [4.69, 9.17) is 5.11 Å². The molecule has 0 atom stereocenters. The van der Waals surface area contributed by atoms with E-state index in [2.05, 4.69) is 17.3 Å². The standard InChI is InChI=1S/C15H27N3O/c1-13-2-4-14(5-3-13)6-7-16-10-15-11-17-18(12-15)8-9-19/h11-14,16,19H,2-10H2,1H3. The third-order valence-corrected chi connectivity index (χ3v) is 4.21. The van der Waals surface area contributed by atoms with Gasteiger partial charge in [-0.25, -0.2) is 0 Å². The highest BCUT2D eigenvalue weighted by molar-refractivity contribution is 5.03. The summed E-state index contributed by atoms with van der Waals surface area (Å²) in [4.78, 5) is 0. The van der Waals surface area contributed by atoms with Crippen LogP contribution in [0.2, 0.25) is 0 Å². The molecular formula is C15H27N3O.